The maximum atomic E-state index is 12.1. The van der Waals surface area contributed by atoms with Gasteiger partial charge in [0.2, 0.25) is 5.91 Å². The number of esters is 1. The lowest BCUT2D eigenvalue weighted by atomic mass is 10.1. The Hall–Kier alpha value is -2.83. The largest absolute Gasteiger partial charge is 0.467 e. The van der Waals surface area contributed by atoms with Gasteiger partial charge in [-0.1, -0.05) is 24.3 Å². The average molecular weight is 376 g/mol. The van der Waals surface area contributed by atoms with Gasteiger partial charge in [0.1, 0.15) is 11.6 Å². The third-order valence-corrected chi connectivity index (χ3v) is 3.55. The van der Waals surface area contributed by atoms with Crippen LogP contribution in [0.5, 0.6) is 0 Å². The Morgan fingerprint density at radius 3 is 2.26 bits per heavy atom. The molecule has 0 aromatic heterocycles. The molecular formula is C20H28N2O5. The lowest BCUT2D eigenvalue weighted by Crippen LogP contribution is -2.43. The van der Waals surface area contributed by atoms with Crippen LogP contribution in [0, 0.1) is 13.8 Å². The molecule has 0 saturated carbocycles. The van der Waals surface area contributed by atoms with E-state index < -0.39 is 23.7 Å². The molecule has 0 aliphatic carbocycles. The number of nitrogens with one attached hydrogen (secondary N) is 2. The molecule has 148 valence electrons. The summed E-state index contributed by atoms with van der Waals surface area (Å²) in [5.41, 5.74) is 1.97. The van der Waals surface area contributed by atoms with Gasteiger partial charge in [0.05, 0.1) is 7.11 Å². The van der Waals surface area contributed by atoms with Crippen LogP contribution in [0.4, 0.5) is 10.5 Å². The highest BCUT2D eigenvalue weighted by molar-refractivity contribution is 6.00. The molecule has 0 radical (unpaired) electrons. The van der Waals surface area contributed by atoms with Crippen molar-refractivity contribution < 1.29 is 23.9 Å². The van der Waals surface area contributed by atoms with Gasteiger partial charge in [-0.25, -0.2) is 9.59 Å². The van der Waals surface area contributed by atoms with Gasteiger partial charge in [-0.3, -0.25) is 4.79 Å². The normalized spacial score (nSPS) is 12.4. The molecule has 0 aliphatic heterocycles. The number of aryl methyl sites for hydroxylation is 2. The number of methoxy groups -OCH3 is 1. The van der Waals surface area contributed by atoms with Crippen molar-refractivity contribution >= 4 is 23.7 Å². The second-order valence-corrected chi connectivity index (χ2v) is 7.12. The highest BCUT2D eigenvalue weighted by Gasteiger charge is 2.24. The molecule has 1 atom stereocenters. The van der Waals surface area contributed by atoms with Gasteiger partial charge in [0, 0.05) is 5.69 Å². The van der Waals surface area contributed by atoms with Crippen molar-refractivity contribution in [3.05, 3.63) is 41.5 Å². The van der Waals surface area contributed by atoms with E-state index >= 15 is 0 Å². The maximum Gasteiger partial charge on any atom is 0.408 e. The number of amides is 2. The molecular weight excluding hydrogens is 348 g/mol. The molecule has 0 bridgehead atoms. The van der Waals surface area contributed by atoms with Gasteiger partial charge in [-0.05, 0) is 58.2 Å². The smallest absolute Gasteiger partial charge is 0.408 e. The van der Waals surface area contributed by atoms with Gasteiger partial charge >= 0.3 is 12.1 Å². The van der Waals surface area contributed by atoms with Crippen LogP contribution in [0.2, 0.25) is 0 Å². The predicted octanol–water partition coefficient (Wildman–Crippen LogP) is 3.25. The molecule has 0 aliphatic rings. The van der Waals surface area contributed by atoms with E-state index in [9.17, 15) is 14.4 Å². The Bertz CT molecular complexity index is 699. The van der Waals surface area contributed by atoms with Crippen LogP contribution in [0.1, 0.15) is 38.3 Å². The minimum atomic E-state index is -0.950. The van der Waals surface area contributed by atoms with Crippen LogP contribution in [-0.2, 0) is 19.1 Å². The third-order valence-electron chi connectivity index (χ3n) is 3.55. The van der Waals surface area contributed by atoms with E-state index in [1.165, 1.54) is 19.3 Å². The summed E-state index contributed by atoms with van der Waals surface area (Å²) in [7, 11) is 1.23. The zero-order valence-corrected chi connectivity index (χ0v) is 16.7. The Balaban J connectivity index is 2.70. The van der Waals surface area contributed by atoms with Crippen molar-refractivity contribution in [1.82, 2.24) is 5.32 Å². The lowest BCUT2D eigenvalue weighted by Gasteiger charge is -2.22. The number of rotatable bonds is 6. The van der Waals surface area contributed by atoms with Crippen LogP contribution in [-0.4, -0.2) is 36.7 Å². The SMILES string of the molecule is COC(=O)[C@H](CC=CC(=O)Nc1c(C)cccc1C)NC(=O)OC(C)(C)C. The van der Waals surface area contributed by atoms with Gasteiger partial charge in [0.25, 0.3) is 0 Å². The lowest BCUT2D eigenvalue weighted by molar-refractivity contribution is -0.143. The van der Waals surface area contributed by atoms with Crippen LogP contribution in [0.15, 0.2) is 30.4 Å². The summed E-state index contributed by atoms with van der Waals surface area (Å²) in [5, 5.41) is 5.26. The van der Waals surface area contributed by atoms with E-state index in [0.717, 1.165) is 16.8 Å². The first-order chi connectivity index (χ1) is 12.5. The number of alkyl carbamates (subject to hydrolysis) is 1. The molecule has 0 fully saturated rings. The maximum absolute atomic E-state index is 12.1. The molecule has 1 aromatic carbocycles. The molecule has 2 amide bonds. The summed E-state index contributed by atoms with van der Waals surface area (Å²) in [6, 6.07) is 4.78. The fourth-order valence-corrected chi connectivity index (χ4v) is 2.29. The molecule has 1 aromatic rings. The molecule has 7 nitrogen and oxygen atoms in total. The predicted molar refractivity (Wildman–Crippen MR) is 103 cm³/mol. The van der Waals surface area contributed by atoms with Gasteiger partial charge in [0.15, 0.2) is 0 Å². The van der Waals surface area contributed by atoms with Crippen molar-refractivity contribution in [3.63, 3.8) is 0 Å². The number of hydrogen-bond acceptors (Lipinski definition) is 5. The first kappa shape index (κ1) is 22.2. The minimum Gasteiger partial charge on any atom is -0.467 e. The Morgan fingerprint density at radius 2 is 1.74 bits per heavy atom. The fraction of sp³-hybridized carbons (Fsp3) is 0.450. The number of carbonyl (C=O) groups is 3. The van der Waals surface area contributed by atoms with Crippen molar-refractivity contribution in [2.45, 2.75) is 52.7 Å². The zero-order chi connectivity index (χ0) is 20.6. The van der Waals surface area contributed by atoms with E-state index in [4.69, 9.17) is 4.74 Å². The third kappa shape index (κ3) is 7.94. The second-order valence-electron chi connectivity index (χ2n) is 7.12. The molecule has 27 heavy (non-hydrogen) atoms. The van der Waals surface area contributed by atoms with Gasteiger partial charge < -0.3 is 20.1 Å². The number of para-hydroxylation sites is 1. The Labute approximate surface area is 160 Å². The highest BCUT2D eigenvalue weighted by atomic mass is 16.6. The summed E-state index contributed by atoms with van der Waals surface area (Å²) >= 11 is 0. The quantitative estimate of drug-likeness (QED) is 0.587. The fourth-order valence-electron chi connectivity index (χ4n) is 2.29. The van der Waals surface area contributed by atoms with Crippen LogP contribution in [0.3, 0.4) is 0 Å². The van der Waals surface area contributed by atoms with E-state index in [1.54, 1.807) is 20.8 Å². The molecule has 0 heterocycles. The van der Waals surface area contributed by atoms with Crippen LogP contribution >= 0.6 is 0 Å². The number of benzene rings is 1. The number of anilines is 1. The van der Waals surface area contributed by atoms with Crippen molar-refractivity contribution in [3.8, 4) is 0 Å². The average Bonchev–Trinajstić information content (AvgIpc) is 2.55. The van der Waals surface area contributed by atoms with Gasteiger partial charge in [-0.15, -0.1) is 0 Å². The molecule has 2 N–H and O–H groups in total. The van der Waals surface area contributed by atoms with Crippen LogP contribution < -0.4 is 10.6 Å². The molecule has 0 unspecified atom stereocenters. The van der Waals surface area contributed by atoms with Gasteiger partial charge in [-0.2, -0.15) is 0 Å². The number of ether oxygens (including phenoxy) is 2. The summed E-state index contributed by atoms with van der Waals surface area (Å²) in [4.78, 5) is 35.8. The van der Waals surface area contributed by atoms with Crippen molar-refractivity contribution in [2.24, 2.45) is 0 Å². The van der Waals surface area contributed by atoms with E-state index in [-0.39, 0.29) is 12.3 Å². The molecule has 7 heteroatoms. The Kier molecular flexibility index (Phi) is 8.02. The van der Waals surface area contributed by atoms with E-state index in [1.807, 2.05) is 32.0 Å². The zero-order valence-electron chi connectivity index (χ0n) is 16.7. The first-order valence-electron chi connectivity index (χ1n) is 8.64. The number of carbonyl (C=O) groups excluding carboxylic acids is 3. The minimum absolute atomic E-state index is 0.0894. The topological polar surface area (TPSA) is 93.7 Å². The molecule has 1 rings (SSSR count). The van der Waals surface area contributed by atoms with Crippen LogP contribution in [0.25, 0.3) is 0 Å². The monoisotopic (exact) mass is 376 g/mol. The molecule has 0 spiro atoms. The summed E-state index contributed by atoms with van der Waals surface area (Å²) < 4.78 is 9.82. The standard InChI is InChI=1S/C20H28N2O5/c1-13-9-7-10-14(2)17(13)22-16(23)12-8-11-15(18(24)26-6)21-19(25)27-20(3,4)5/h7-10,12,15H,11H2,1-6H3,(H,21,25)(H,22,23)/t15-/m0/s1. The van der Waals surface area contributed by atoms with E-state index in [2.05, 4.69) is 15.4 Å². The molecule has 0 saturated heterocycles. The summed E-state index contributed by atoms with van der Waals surface area (Å²) in [6.45, 7) is 8.97. The summed E-state index contributed by atoms with van der Waals surface area (Å²) in [5.74, 6) is -0.950. The van der Waals surface area contributed by atoms with E-state index in [0.29, 0.717) is 0 Å². The van der Waals surface area contributed by atoms with Crippen molar-refractivity contribution in [2.75, 3.05) is 12.4 Å². The Morgan fingerprint density at radius 1 is 1.15 bits per heavy atom. The van der Waals surface area contributed by atoms with Crippen molar-refractivity contribution in [1.29, 1.82) is 0 Å². The first-order valence-corrected chi connectivity index (χ1v) is 8.64. The number of hydrogen-bond donors (Lipinski definition) is 2. The second kappa shape index (κ2) is 9.75. The highest BCUT2D eigenvalue weighted by Crippen LogP contribution is 2.19. The summed E-state index contributed by atoms with van der Waals surface area (Å²) in [6.07, 6.45) is 2.18.